The van der Waals surface area contributed by atoms with E-state index < -0.39 is 21.5 Å². The highest BCUT2D eigenvalue weighted by molar-refractivity contribution is 7.91. The van der Waals surface area contributed by atoms with Gasteiger partial charge >= 0.3 is 5.97 Å². The zero-order chi connectivity index (χ0) is 19.9. The molecule has 2 N–H and O–H groups in total. The van der Waals surface area contributed by atoms with Crippen LogP contribution in [0.5, 0.6) is 0 Å². The lowest BCUT2D eigenvalue weighted by molar-refractivity contribution is -0.140. The summed E-state index contributed by atoms with van der Waals surface area (Å²) in [5.41, 5.74) is -0.485. The Hall–Kier alpha value is -1.41. The molecule has 8 heteroatoms. The lowest BCUT2D eigenvalue weighted by Crippen LogP contribution is -2.45. The van der Waals surface area contributed by atoms with Gasteiger partial charge in [-0.05, 0) is 48.1 Å². The average molecular weight is 440 g/mol. The van der Waals surface area contributed by atoms with Crippen molar-refractivity contribution < 1.29 is 18.3 Å². The summed E-state index contributed by atoms with van der Waals surface area (Å²) in [6.07, 6.45) is 5.72. The molecule has 4 rings (SSSR count). The number of carbonyl (C=O) groups is 1. The van der Waals surface area contributed by atoms with Gasteiger partial charge in [0.2, 0.25) is 0 Å². The van der Waals surface area contributed by atoms with Gasteiger partial charge in [0.05, 0.1) is 0 Å². The first-order chi connectivity index (χ1) is 13.3. The molecular weight excluding hydrogens is 418 g/mol. The summed E-state index contributed by atoms with van der Waals surface area (Å²) in [6, 6.07) is 10.4. The maximum absolute atomic E-state index is 12.9. The number of halogens is 1. The number of carboxylic acid groups (broad SMARTS) is 1. The summed E-state index contributed by atoms with van der Waals surface area (Å²) >= 11 is 7.04. The molecule has 2 aliphatic carbocycles. The number of hydrogen-bond acceptors (Lipinski definition) is 4. The minimum absolute atomic E-state index is 0.115. The standard InChI is InChI=1S/C20H22ClNO4S2/c21-15-8-6-14(7-9-15)17-10-11-18(27-17)28(25,26)22-20(19(23)24)12-16(20)13-4-2-1-3-5-13/h6-11,13,16,22H,1-5,12H2,(H,23,24)/t16-,20?/m0/s1. The van der Waals surface area contributed by atoms with Gasteiger partial charge in [0.25, 0.3) is 10.0 Å². The van der Waals surface area contributed by atoms with Crippen LogP contribution in [0.1, 0.15) is 38.5 Å². The van der Waals surface area contributed by atoms with Crippen molar-refractivity contribution in [3.63, 3.8) is 0 Å². The van der Waals surface area contributed by atoms with Crippen LogP contribution in [0.2, 0.25) is 5.02 Å². The van der Waals surface area contributed by atoms with Crippen molar-refractivity contribution in [1.82, 2.24) is 4.72 Å². The fraction of sp³-hybridized carbons (Fsp3) is 0.450. The highest BCUT2D eigenvalue weighted by Gasteiger charge is 2.64. The zero-order valence-electron chi connectivity index (χ0n) is 15.2. The van der Waals surface area contributed by atoms with Crippen LogP contribution in [-0.4, -0.2) is 25.0 Å². The van der Waals surface area contributed by atoms with E-state index in [9.17, 15) is 18.3 Å². The fourth-order valence-corrected chi connectivity index (χ4v) is 7.18. The molecule has 0 amide bonds. The third-order valence-corrected chi connectivity index (χ3v) is 9.29. The number of carboxylic acids is 1. The molecule has 0 bridgehead atoms. The van der Waals surface area contributed by atoms with Crippen LogP contribution in [0, 0.1) is 11.8 Å². The topological polar surface area (TPSA) is 83.5 Å². The smallest absolute Gasteiger partial charge is 0.325 e. The summed E-state index contributed by atoms with van der Waals surface area (Å²) in [5.74, 6) is -0.891. The van der Waals surface area contributed by atoms with Crippen molar-refractivity contribution in [2.24, 2.45) is 11.8 Å². The molecular formula is C20H22ClNO4S2. The third-order valence-electron chi connectivity index (χ3n) is 5.91. The predicted molar refractivity (Wildman–Crippen MR) is 110 cm³/mol. The van der Waals surface area contributed by atoms with Crippen LogP contribution in [0.15, 0.2) is 40.6 Å². The molecule has 28 heavy (non-hydrogen) atoms. The highest BCUT2D eigenvalue weighted by atomic mass is 35.5. The Morgan fingerprint density at radius 3 is 2.43 bits per heavy atom. The van der Waals surface area contributed by atoms with Gasteiger partial charge in [-0.15, -0.1) is 11.3 Å². The third kappa shape index (κ3) is 3.73. The Labute approximate surface area is 173 Å². The molecule has 2 fully saturated rings. The number of hydrogen-bond donors (Lipinski definition) is 2. The maximum Gasteiger partial charge on any atom is 0.325 e. The monoisotopic (exact) mass is 439 g/mol. The Morgan fingerprint density at radius 1 is 1.11 bits per heavy atom. The second kappa shape index (κ2) is 7.44. The SMILES string of the molecule is O=C(O)C1(NS(=O)(=O)c2ccc(-c3ccc(Cl)cc3)s2)C[C@H]1C1CCCCC1. The summed E-state index contributed by atoms with van der Waals surface area (Å²) < 4.78 is 28.5. The van der Waals surface area contributed by atoms with Crippen LogP contribution < -0.4 is 4.72 Å². The van der Waals surface area contributed by atoms with Crippen molar-refractivity contribution in [3.05, 3.63) is 41.4 Å². The number of rotatable bonds is 6. The van der Waals surface area contributed by atoms with Crippen LogP contribution in [0.3, 0.4) is 0 Å². The molecule has 1 unspecified atom stereocenters. The Balaban J connectivity index is 1.55. The number of nitrogens with one attached hydrogen (secondary N) is 1. The van der Waals surface area contributed by atoms with E-state index in [0.717, 1.165) is 47.5 Å². The summed E-state index contributed by atoms with van der Waals surface area (Å²) in [5, 5.41) is 10.4. The van der Waals surface area contributed by atoms with Gasteiger partial charge < -0.3 is 5.11 Å². The van der Waals surface area contributed by atoms with Crippen LogP contribution >= 0.6 is 22.9 Å². The summed E-state index contributed by atoms with van der Waals surface area (Å²) in [7, 11) is -3.91. The van der Waals surface area contributed by atoms with E-state index in [4.69, 9.17) is 11.6 Å². The van der Waals surface area contributed by atoms with Crippen molar-refractivity contribution >= 4 is 38.9 Å². The van der Waals surface area contributed by atoms with Gasteiger partial charge in [0.1, 0.15) is 9.75 Å². The Morgan fingerprint density at radius 2 is 1.79 bits per heavy atom. The minimum Gasteiger partial charge on any atom is -0.480 e. The summed E-state index contributed by atoms with van der Waals surface area (Å²) in [6.45, 7) is 0. The molecule has 1 aromatic heterocycles. The molecule has 2 saturated carbocycles. The quantitative estimate of drug-likeness (QED) is 0.679. The van der Waals surface area contributed by atoms with E-state index in [1.54, 1.807) is 18.2 Å². The largest absolute Gasteiger partial charge is 0.480 e. The maximum atomic E-state index is 12.9. The van der Waals surface area contributed by atoms with E-state index in [0.29, 0.717) is 17.4 Å². The number of sulfonamides is 1. The molecule has 2 aliphatic rings. The lowest BCUT2D eigenvalue weighted by atomic mass is 9.84. The number of thiophene rings is 1. The first kappa shape index (κ1) is 19.9. The van der Waals surface area contributed by atoms with Crippen molar-refractivity contribution in [1.29, 1.82) is 0 Å². The molecule has 1 heterocycles. The first-order valence-electron chi connectivity index (χ1n) is 9.45. The highest BCUT2D eigenvalue weighted by Crippen LogP contribution is 2.53. The zero-order valence-corrected chi connectivity index (χ0v) is 17.6. The van der Waals surface area contributed by atoms with Crippen LogP contribution in [0.25, 0.3) is 10.4 Å². The second-order valence-corrected chi connectivity index (χ2v) is 11.1. The first-order valence-corrected chi connectivity index (χ1v) is 12.1. The second-order valence-electron chi connectivity index (χ2n) is 7.72. The van der Waals surface area contributed by atoms with Crippen LogP contribution in [-0.2, 0) is 14.8 Å². The van der Waals surface area contributed by atoms with Crippen molar-refractivity contribution in [2.75, 3.05) is 0 Å². The van der Waals surface area contributed by atoms with E-state index in [1.807, 2.05) is 12.1 Å². The van der Waals surface area contributed by atoms with Crippen molar-refractivity contribution in [2.45, 2.75) is 48.3 Å². The number of aliphatic carboxylic acids is 1. The molecule has 0 radical (unpaired) electrons. The van der Waals surface area contributed by atoms with E-state index >= 15 is 0 Å². The molecule has 0 saturated heterocycles. The Kier molecular flexibility index (Phi) is 5.29. The average Bonchev–Trinajstić information content (AvgIpc) is 3.17. The lowest BCUT2D eigenvalue weighted by Gasteiger charge is -2.24. The molecule has 150 valence electrons. The molecule has 2 aromatic rings. The predicted octanol–water partition coefficient (Wildman–Crippen LogP) is 4.77. The Bertz CT molecular complexity index is 980. The number of benzene rings is 1. The van der Waals surface area contributed by atoms with Gasteiger partial charge in [-0.3, -0.25) is 4.79 Å². The molecule has 5 nitrogen and oxygen atoms in total. The minimum atomic E-state index is -3.91. The van der Waals surface area contributed by atoms with Gasteiger partial charge in [-0.2, -0.15) is 4.72 Å². The summed E-state index contributed by atoms with van der Waals surface area (Å²) in [4.78, 5) is 12.8. The molecule has 2 atom stereocenters. The van der Waals surface area contributed by atoms with Crippen molar-refractivity contribution in [3.8, 4) is 10.4 Å². The van der Waals surface area contributed by atoms with E-state index in [1.165, 1.54) is 12.5 Å². The molecule has 1 aromatic carbocycles. The van der Waals surface area contributed by atoms with E-state index in [-0.39, 0.29) is 10.1 Å². The van der Waals surface area contributed by atoms with Gasteiger partial charge in [0, 0.05) is 9.90 Å². The molecule has 0 aliphatic heterocycles. The van der Waals surface area contributed by atoms with Gasteiger partial charge in [-0.25, -0.2) is 8.42 Å². The van der Waals surface area contributed by atoms with Gasteiger partial charge in [-0.1, -0.05) is 55.8 Å². The fourth-order valence-electron chi connectivity index (χ4n) is 4.32. The van der Waals surface area contributed by atoms with Crippen LogP contribution in [0.4, 0.5) is 0 Å². The molecule has 0 spiro atoms. The van der Waals surface area contributed by atoms with E-state index in [2.05, 4.69) is 4.72 Å². The normalized spacial score (nSPS) is 25.5. The van der Waals surface area contributed by atoms with Gasteiger partial charge in [0.15, 0.2) is 0 Å².